The van der Waals surface area contributed by atoms with Crippen LogP contribution in [-0.2, 0) is 28.1 Å². The number of halogens is 1. The Morgan fingerprint density at radius 2 is 2.33 bits per heavy atom. The molecule has 3 atom stereocenters. The average Bonchev–Trinajstić information content (AvgIpc) is 2.09. The monoisotopic (exact) mass is 380 g/mol. The van der Waals surface area contributed by atoms with E-state index in [1.54, 1.807) is 7.11 Å². The van der Waals surface area contributed by atoms with Crippen LogP contribution in [0.1, 0.15) is 19.3 Å². The van der Waals surface area contributed by atoms with Crippen molar-refractivity contribution in [1.82, 2.24) is 0 Å². The third-order valence-electron chi connectivity index (χ3n) is 2.71. The zero-order valence-corrected chi connectivity index (χ0v) is 13.8. The Balaban J connectivity index is 2.47. The summed E-state index contributed by atoms with van der Waals surface area (Å²) in [7, 11) is 7.61. The predicted molar refractivity (Wildman–Crippen MR) is 44.8 cm³/mol. The number of aliphatic hydroxyl groups is 1. The van der Waals surface area contributed by atoms with Crippen LogP contribution < -0.4 is 0 Å². The normalized spacial score (nSPS) is 36.1. The van der Waals surface area contributed by atoms with Gasteiger partial charge in [0, 0.05) is 0 Å². The molecule has 0 bridgehead atoms. The molecule has 1 aliphatic carbocycles. The van der Waals surface area contributed by atoms with Gasteiger partial charge in [0.1, 0.15) is 0 Å². The first-order valence-corrected chi connectivity index (χ1v) is 15.2. The van der Waals surface area contributed by atoms with Crippen molar-refractivity contribution in [3.8, 4) is 0 Å². The number of aliphatic hydroxyl groups excluding tert-OH is 1. The fourth-order valence-corrected chi connectivity index (χ4v) is 8.13. The Morgan fingerprint density at radius 3 is 2.92 bits per heavy atom. The molecule has 0 radical (unpaired) electrons. The van der Waals surface area contributed by atoms with E-state index in [1.807, 2.05) is 0 Å². The number of methoxy groups -OCH3 is 1. The van der Waals surface area contributed by atoms with Gasteiger partial charge in [-0.05, 0) is 0 Å². The molecule has 0 aromatic carbocycles. The zero-order valence-electron chi connectivity index (χ0n) is 7.50. The summed E-state index contributed by atoms with van der Waals surface area (Å²) in [5, 5.41) is 9.70. The Hall–Kier alpha value is 1.15. The van der Waals surface area contributed by atoms with E-state index >= 15 is 0 Å². The minimum absolute atomic E-state index is 0.151. The van der Waals surface area contributed by atoms with Gasteiger partial charge in [0.25, 0.3) is 0 Å². The molecule has 1 rings (SSSR count). The molecule has 0 heterocycles. The van der Waals surface area contributed by atoms with Crippen LogP contribution >= 0.6 is 8.25 Å². The van der Waals surface area contributed by atoms with E-state index in [4.69, 9.17) is 13.0 Å². The van der Waals surface area contributed by atoms with E-state index in [0.717, 1.165) is 23.2 Å². The quantitative estimate of drug-likeness (QED) is 0.759. The first-order valence-electron chi connectivity index (χ1n) is 4.56. The molecule has 0 aliphatic heterocycles. The Bertz CT molecular complexity index is 134. The van der Waals surface area contributed by atoms with Crippen LogP contribution in [0.5, 0.6) is 0 Å². The van der Waals surface area contributed by atoms with E-state index < -0.39 is 23.3 Å². The summed E-state index contributed by atoms with van der Waals surface area (Å²) in [5.74, 6) is 0.350. The summed E-state index contributed by atoms with van der Waals surface area (Å²) < 4.78 is 6.43. The predicted octanol–water partition coefficient (Wildman–Crippen LogP) is 1.82. The molecule has 0 spiro atoms. The summed E-state index contributed by atoms with van der Waals surface area (Å²) in [6.45, 7) is 0. The van der Waals surface area contributed by atoms with Crippen molar-refractivity contribution >= 4 is 8.25 Å². The fraction of sp³-hybridized carbons (Fsp3) is 1.00. The van der Waals surface area contributed by atoms with Crippen LogP contribution in [0.25, 0.3) is 0 Å². The second kappa shape index (κ2) is 5.79. The fourth-order valence-electron chi connectivity index (χ4n) is 2.00. The molecule has 0 saturated heterocycles. The van der Waals surface area contributed by atoms with Gasteiger partial charge in [-0.25, -0.2) is 0 Å². The summed E-state index contributed by atoms with van der Waals surface area (Å²) in [4.78, 5) is 0. The second-order valence-corrected chi connectivity index (χ2v) is 10.4. The first-order chi connectivity index (χ1) is 5.79. The van der Waals surface area contributed by atoms with Crippen molar-refractivity contribution in [1.29, 1.82) is 0 Å². The topological polar surface area (TPSA) is 29.5 Å². The van der Waals surface area contributed by atoms with E-state index in [-0.39, 0.29) is 12.2 Å². The summed E-state index contributed by atoms with van der Waals surface area (Å²) in [5.41, 5.74) is 0. The molecular formula is C8H15ClHgO2. The molecule has 1 fully saturated rings. The molecule has 0 aromatic heterocycles. The van der Waals surface area contributed by atoms with Crippen LogP contribution in [0.15, 0.2) is 0 Å². The summed E-state index contributed by atoms with van der Waals surface area (Å²) >= 11 is -1.12. The van der Waals surface area contributed by atoms with Gasteiger partial charge in [-0.2, -0.15) is 0 Å². The summed E-state index contributed by atoms with van der Waals surface area (Å²) in [6.07, 6.45) is 3.25. The second-order valence-electron chi connectivity index (χ2n) is 3.41. The van der Waals surface area contributed by atoms with Crippen LogP contribution in [0.3, 0.4) is 0 Å². The third-order valence-corrected chi connectivity index (χ3v) is 8.06. The van der Waals surface area contributed by atoms with Gasteiger partial charge in [-0.1, -0.05) is 0 Å². The van der Waals surface area contributed by atoms with Gasteiger partial charge in [0.05, 0.1) is 0 Å². The molecule has 0 unspecified atom stereocenters. The molecule has 0 aromatic rings. The standard InChI is InChI=1S/C8H15O2.ClH.Hg/c1-6-7(9)4-3-5-8(6)10-2;;/h6-9H,1,3-5H2,2H3;1H;/q;;+1/p-1/t6-,7-,8-;;/m1../s1. The van der Waals surface area contributed by atoms with Gasteiger partial charge in [0.15, 0.2) is 0 Å². The van der Waals surface area contributed by atoms with E-state index in [1.165, 1.54) is 0 Å². The Morgan fingerprint density at radius 1 is 1.58 bits per heavy atom. The van der Waals surface area contributed by atoms with Gasteiger partial charge in [0.2, 0.25) is 0 Å². The van der Waals surface area contributed by atoms with Crippen LogP contribution in [0, 0.1) is 5.92 Å². The molecule has 1 saturated carbocycles. The van der Waals surface area contributed by atoms with E-state index in [0.29, 0.717) is 5.92 Å². The van der Waals surface area contributed by atoms with Crippen LogP contribution in [0.4, 0.5) is 0 Å². The maximum atomic E-state index is 9.70. The van der Waals surface area contributed by atoms with Crippen molar-refractivity contribution in [2.24, 2.45) is 5.92 Å². The van der Waals surface area contributed by atoms with Crippen molar-refractivity contribution in [3.05, 3.63) is 0 Å². The Labute approximate surface area is 89.5 Å². The van der Waals surface area contributed by atoms with Gasteiger partial charge < -0.3 is 0 Å². The van der Waals surface area contributed by atoms with Gasteiger partial charge in [-0.15, -0.1) is 0 Å². The average molecular weight is 379 g/mol. The van der Waals surface area contributed by atoms with Crippen molar-refractivity contribution in [2.45, 2.75) is 35.4 Å². The molecule has 0 amide bonds. The number of hydrogen-bond donors (Lipinski definition) is 1. The van der Waals surface area contributed by atoms with Crippen molar-refractivity contribution in [2.75, 3.05) is 7.11 Å². The molecular weight excluding hydrogens is 364 g/mol. The van der Waals surface area contributed by atoms with Crippen LogP contribution in [0.2, 0.25) is 3.93 Å². The molecule has 4 heteroatoms. The van der Waals surface area contributed by atoms with Gasteiger partial charge >= 0.3 is 89.9 Å². The van der Waals surface area contributed by atoms with Crippen molar-refractivity contribution < 1.29 is 33.2 Å². The SMILES string of the molecule is CO[C@@H]1CCC[C@@H](O)[C@H]1[CH2][Hg][Cl]. The van der Waals surface area contributed by atoms with Crippen LogP contribution in [-0.4, -0.2) is 24.4 Å². The molecule has 1 aliphatic rings. The van der Waals surface area contributed by atoms with E-state index in [9.17, 15) is 5.11 Å². The summed E-state index contributed by atoms with van der Waals surface area (Å²) in [6, 6.07) is 0. The maximum absolute atomic E-state index is 9.70. The Kier molecular flexibility index (Phi) is 5.41. The number of rotatable bonds is 3. The molecule has 12 heavy (non-hydrogen) atoms. The molecule has 2 nitrogen and oxygen atoms in total. The van der Waals surface area contributed by atoms with E-state index in [2.05, 4.69) is 0 Å². The number of hydrogen-bond acceptors (Lipinski definition) is 2. The number of ether oxygens (including phenoxy) is 1. The molecule has 1 N–H and O–H groups in total. The first kappa shape index (κ1) is 11.2. The molecule has 68 valence electrons. The zero-order chi connectivity index (χ0) is 8.97. The third kappa shape index (κ3) is 2.83. The van der Waals surface area contributed by atoms with Crippen molar-refractivity contribution in [3.63, 3.8) is 0 Å². The van der Waals surface area contributed by atoms with Gasteiger partial charge in [-0.3, -0.25) is 0 Å². The minimum atomic E-state index is -1.12.